The van der Waals surface area contributed by atoms with Crippen LogP contribution in [0.4, 0.5) is 10.2 Å². The van der Waals surface area contributed by atoms with Crippen molar-refractivity contribution in [3.05, 3.63) is 30.1 Å². The molecule has 3 N–H and O–H groups in total. The molecule has 0 aliphatic carbocycles. The minimum absolute atomic E-state index is 0.183. The summed E-state index contributed by atoms with van der Waals surface area (Å²) >= 11 is 1.05. The number of anilines is 1. The Kier molecular flexibility index (Phi) is 2.80. The Hall–Kier alpha value is -1.93. The molecule has 104 valence electrons. The van der Waals surface area contributed by atoms with E-state index in [1.165, 1.54) is 24.3 Å². The average Bonchev–Trinajstić information content (AvgIpc) is 2.91. The second-order valence-corrected chi connectivity index (χ2v) is 7.57. The van der Waals surface area contributed by atoms with Crippen molar-refractivity contribution in [3.8, 4) is 11.1 Å². The van der Waals surface area contributed by atoms with Crippen molar-refractivity contribution in [2.24, 2.45) is 0 Å². The lowest BCUT2D eigenvalue weighted by Crippen LogP contribution is -1.97. The fourth-order valence-corrected chi connectivity index (χ4v) is 4.37. The van der Waals surface area contributed by atoms with Gasteiger partial charge in [-0.3, -0.25) is 5.10 Å². The molecule has 0 amide bonds. The number of sulfone groups is 1. The van der Waals surface area contributed by atoms with Crippen LogP contribution >= 0.6 is 11.3 Å². The highest BCUT2D eigenvalue weighted by Crippen LogP contribution is 2.42. The van der Waals surface area contributed by atoms with Crippen LogP contribution in [0.15, 0.2) is 28.5 Å². The molecule has 3 aromatic rings. The standard InChI is InChI=1S/C12H10FN3O2S2/c1-20(17,18)12-8(6-2-4-7(13)5-3-6)9-10(14)15-16-11(9)19-12/h2-5H,1H3,(H3,14,15,16). The number of hydrogen-bond acceptors (Lipinski definition) is 5. The lowest BCUT2D eigenvalue weighted by Gasteiger charge is -2.03. The van der Waals surface area contributed by atoms with Gasteiger partial charge >= 0.3 is 0 Å². The molecule has 3 rings (SSSR count). The van der Waals surface area contributed by atoms with Gasteiger partial charge in [0.1, 0.15) is 20.7 Å². The van der Waals surface area contributed by atoms with Crippen LogP contribution in [-0.4, -0.2) is 24.9 Å². The number of halogens is 1. The number of nitrogens with zero attached hydrogens (tertiary/aromatic N) is 1. The zero-order chi connectivity index (χ0) is 14.5. The van der Waals surface area contributed by atoms with Gasteiger partial charge in [-0.1, -0.05) is 12.1 Å². The maximum absolute atomic E-state index is 13.0. The van der Waals surface area contributed by atoms with Gasteiger partial charge in [-0.15, -0.1) is 11.3 Å². The summed E-state index contributed by atoms with van der Waals surface area (Å²) in [6.45, 7) is 0. The molecule has 8 heteroatoms. The average molecular weight is 311 g/mol. The Morgan fingerprint density at radius 3 is 2.55 bits per heavy atom. The van der Waals surface area contributed by atoms with E-state index in [2.05, 4.69) is 10.2 Å². The minimum Gasteiger partial charge on any atom is -0.384 e. The molecule has 0 saturated heterocycles. The van der Waals surface area contributed by atoms with Crippen LogP contribution in [0, 0.1) is 5.82 Å². The number of benzene rings is 1. The summed E-state index contributed by atoms with van der Waals surface area (Å²) in [7, 11) is -3.42. The zero-order valence-electron chi connectivity index (χ0n) is 10.3. The normalized spacial score (nSPS) is 12.1. The highest BCUT2D eigenvalue weighted by Gasteiger charge is 2.24. The quantitative estimate of drug-likeness (QED) is 0.760. The van der Waals surface area contributed by atoms with E-state index < -0.39 is 9.84 Å². The summed E-state index contributed by atoms with van der Waals surface area (Å²) in [5.41, 5.74) is 6.88. The molecule has 2 aromatic heterocycles. The first-order valence-electron chi connectivity index (χ1n) is 5.60. The number of nitrogen functional groups attached to an aromatic ring is 1. The third kappa shape index (κ3) is 1.97. The molecule has 2 heterocycles. The second-order valence-electron chi connectivity index (χ2n) is 4.36. The van der Waals surface area contributed by atoms with Crippen LogP contribution in [0.5, 0.6) is 0 Å². The monoisotopic (exact) mass is 311 g/mol. The lowest BCUT2D eigenvalue weighted by atomic mass is 10.1. The maximum atomic E-state index is 13.0. The van der Waals surface area contributed by atoms with Crippen molar-refractivity contribution in [2.75, 3.05) is 12.0 Å². The number of rotatable bonds is 2. The number of nitrogens with one attached hydrogen (secondary N) is 1. The molecule has 0 aliphatic heterocycles. The van der Waals surface area contributed by atoms with Gasteiger partial charge in [0.25, 0.3) is 0 Å². The molecule has 0 fully saturated rings. The van der Waals surface area contributed by atoms with E-state index in [-0.39, 0.29) is 10.0 Å². The van der Waals surface area contributed by atoms with Crippen LogP contribution in [0.25, 0.3) is 21.3 Å². The largest absolute Gasteiger partial charge is 0.384 e. The SMILES string of the molecule is CS(=O)(=O)c1sc2n[nH]c(N)c2c1-c1ccc(F)cc1. The van der Waals surface area contributed by atoms with Crippen molar-refractivity contribution >= 4 is 37.2 Å². The Morgan fingerprint density at radius 1 is 1.30 bits per heavy atom. The molecule has 5 nitrogen and oxygen atoms in total. The molecule has 0 radical (unpaired) electrons. The molecule has 1 aromatic carbocycles. The molecule has 0 saturated carbocycles. The molecule has 20 heavy (non-hydrogen) atoms. The van der Waals surface area contributed by atoms with Crippen LogP contribution in [0.1, 0.15) is 0 Å². The van der Waals surface area contributed by atoms with Gasteiger partial charge in [-0.25, -0.2) is 12.8 Å². The third-order valence-electron chi connectivity index (χ3n) is 2.87. The van der Waals surface area contributed by atoms with E-state index in [1.807, 2.05) is 0 Å². The minimum atomic E-state index is -3.42. The maximum Gasteiger partial charge on any atom is 0.185 e. The van der Waals surface area contributed by atoms with Gasteiger partial charge < -0.3 is 5.73 Å². The molecular formula is C12H10FN3O2S2. The zero-order valence-corrected chi connectivity index (χ0v) is 12.0. The molecular weight excluding hydrogens is 301 g/mol. The molecule has 0 unspecified atom stereocenters. The highest BCUT2D eigenvalue weighted by atomic mass is 32.2. The van der Waals surface area contributed by atoms with Crippen molar-refractivity contribution in [2.45, 2.75) is 4.21 Å². The topological polar surface area (TPSA) is 88.8 Å². The molecule has 0 bridgehead atoms. The number of aromatic amines is 1. The number of hydrogen-bond donors (Lipinski definition) is 2. The second kappa shape index (κ2) is 4.29. The van der Waals surface area contributed by atoms with Gasteiger partial charge in [0.15, 0.2) is 9.84 Å². The van der Waals surface area contributed by atoms with E-state index in [9.17, 15) is 12.8 Å². The van der Waals surface area contributed by atoms with Gasteiger partial charge in [0.05, 0.1) is 5.39 Å². The number of fused-ring (bicyclic) bond motifs is 1. The Morgan fingerprint density at radius 2 is 1.95 bits per heavy atom. The molecule has 0 atom stereocenters. The van der Waals surface area contributed by atoms with Crippen LogP contribution in [-0.2, 0) is 9.84 Å². The number of aromatic nitrogens is 2. The smallest absolute Gasteiger partial charge is 0.185 e. The summed E-state index contributed by atoms with van der Waals surface area (Å²) in [4.78, 5) is 0.516. The Balaban J connectivity index is 2.42. The highest BCUT2D eigenvalue weighted by molar-refractivity contribution is 7.93. The third-order valence-corrected chi connectivity index (χ3v) is 5.79. The summed E-state index contributed by atoms with van der Waals surface area (Å²) in [5, 5.41) is 7.17. The van der Waals surface area contributed by atoms with Gasteiger partial charge in [-0.2, -0.15) is 5.10 Å². The van der Waals surface area contributed by atoms with Crippen molar-refractivity contribution in [1.82, 2.24) is 10.2 Å². The first-order chi connectivity index (χ1) is 9.38. The number of H-pyrrole nitrogens is 1. The Labute approximate surface area is 118 Å². The summed E-state index contributed by atoms with van der Waals surface area (Å²) < 4.78 is 37.1. The van der Waals surface area contributed by atoms with Gasteiger partial charge in [-0.05, 0) is 17.7 Å². The van der Waals surface area contributed by atoms with E-state index >= 15 is 0 Å². The summed E-state index contributed by atoms with van der Waals surface area (Å²) in [5.74, 6) is -0.0910. The van der Waals surface area contributed by atoms with Crippen molar-refractivity contribution < 1.29 is 12.8 Å². The van der Waals surface area contributed by atoms with E-state index in [4.69, 9.17) is 5.73 Å². The van der Waals surface area contributed by atoms with Crippen molar-refractivity contribution in [1.29, 1.82) is 0 Å². The van der Waals surface area contributed by atoms with Gasteiger partial charge in [0, 0.05) is 11.8 Å². The Bertz CT molecular complexity index is 895. The summed E-state index contributed by atoms with van der Waals surface area (Å²) in [6.07, 6.45) is 1.13. The van der Waals surface area contributed by atoms with Crippen LogP contribution < -0.4 is 5.73 Å². The van der Waals surface area contributed by atoms with Crippen LogP contribution in [0.2, 0.25) is 0 Å². The van der Waals surface area contributed by atoms with Crippen LogP contribution in [0.3, 0.4) is 0 Å². The predicted molar refractivity (Wildman–Crippen MR) is 76.9 cm³/mol. The fraction of sp³-hybridized carbons (Fsp3) is 0.0833. The fourth-order valence-electron chi connectivity index (χ4n) is 2.03. The number of thiophene rings is 1. The molecule has 0 spiro atoms. The van der Waals surface area contributed by atoms with E-state index in [0.717, 1.165) is 17.6 Å². The van der Waals surface area contributed by atoms with Crippen molar-refractivity contribution in [3.63, 3.8) is 0 Å². The lowest BCUT2D eigenvalue weighted by molar-refractivity contribution is 0.604. The van der Waals surface area contributed by atoms with E-state index in [1.54, 1.807) is 0 Å². The van der Waals surface area contributed by atoms with E-state index in [0.29, 0.717) is 27.2 Å². The summed E-state index contributed by atoms with van der Waals surface area (Å²) in [6, 6.07) is 5.61. The van der Waals surface area contributed by atoms with Gasteiger partial charge in [0.2, 0.25) is 0 Å². The number of nitrogens with two attached hydrogens (primary N) is 1. The predicted octanol–water partition coefficient (Wildman–Crippen LogP) is 2.42. The first kappa shape index (κ1) is 13.1. The molecule has 0 aliphatic rings. The first-order valence-corrected chi connectivity index (χ1v) is 8.31.